The van der Waals surface area contributed by atoms with Crippen molar-refractivity contribution < 1.29 is 19.1 Å². The van der Waals surface area contributed by atoms with Gasteiger partial charge in [0, 0.05) is 5.69 Å². The van der Waals surface area contributed by atoms with Crippen molar-refractivity contribution in [2.24, 2.45) is 17.8 Å². The van der Waals surface area contributed by atoms with E-state index in [1.807, 2.05) is 19.9 Å². The molecule has 1 fully saturated rings. The van der Waals surface area contributed by atoms with Crippen molar-refractivity contribution in [3.05, 3.63) is 17.5 Å². The second kappa shape index (κ2) is 8.50. The number of esters is 2. The van der Waals surface area contributed by atoms with Crippen molar-refractivity contribution in [3.8, 4) is 0 Å². The van der Waals surface area contributed by atoms with E-state index in [2.05, 4.69) is 25.9 Å². The largest absolute Gasteiger partial charge is 0.460 e. The number of aromatic nitrogens is 2. The summed E-state index contributed by atoms with van der Waals surface area (Å²) in [6, 6.07) is 1.89. The molecule has 3 atom stereocenters. The highest BCUT2D eigenvalue weighted by molar-refractivity contribution is 5.76. The Morgan fingerprint density at radius 2 is 2.00 bits per heavy atom. The highest BCUT2D eigenvalue weighted by Gasteiger charge is 2.33. The lowest BCUT2D eigenvalue weighted by molar-refractivity contribution is -0.167. The van der Waals surface area contributed by atoms with Gasteiger partial charge in [-0.3, -0.25) is 9.48 Å². The summed E-state index contributed by atoms with van der Waals surface area (Å²) in [6.45, 7) is 9.91. The molecule has 25 heavy (non-hydrogen) atoms. The quantitative estimate of drug-likeness (QED) is 0.738. The van der Waals surface area contributed by atoms with Crippen LogP contribution in [0.1, 0.15) is 51.4 Å². The second-order valence-electron chi connectivity index (χ2n) is 7.60. The van der Waals surface area contributed by atoms with Crippen molar-refractivity contribution in [3.63, 3.8) is 0 Å². The maximum absolute atomic E-state index is 12.1. The molecule has 0 spiro atoms. The van der Waals surface area contributed by atoms with Crippen molar-refractivity contribution in [2.75, 3.05) is 6.61 Å². The third-order valence-corrected chi connectivity index (χ3v) is 4.98. The van der Waals surface area contributed by atoms with E-state index in [-0.39, 0.29) is 19.3 Å². The smallest absolute Gasteiger partial charge is 0.344 e. The minimum atomic E-state index is -0.486. The van der Waals surface area contributed by atoms with Crippen LogP contribution in [0, 0.1) is 31.6 Å². The van der Waals surface area contributed by atoms with Gasteiger partial charge in [0.25, 0.3) is 0 Å². The van der Waals surface area contributed by atoms with Crippen LogP contribution in [0.3, 0.4) is 0 Å². The third kappa shape index (κ3) is 5.58. The maximum atomic E-state index is 12.1. The molecule has 0 N–H and O–H groups in total. The standard InChI is InChI=1S/C19H30N2O4/c1-12(2)16-7-6-13(3)8-17(16)25-19(23)11-24-18(22)10-21-15(5)9-14(4)20-21/h9,12-13,16-17H,6-8,10-11H2,1-5H3. The molecular formula is C19H30N2O4. The molecule has 0 amide bonds. The van der Waals surface area contributed by atoms with Crippen LogP contribution in [-0.2, 0) is 25.6 Å². The second-order valence-corrected chi connectivity index (χ2v) is 7.60. The summed E-state index contributed by atoms with van der Waals surface area (Å²) in [6.07, 6.45) is 3.06. The Morgan fingerprint density at radius 3 is 2.60 bits per heavy atom. The van der Waals surface area contributed by atoms with E-state index in [9.17, 15) is 9.59 Å². The molecule has 1 aromatic rings. The summed E-state index contributed by atoms with van der Waals surface area (Å²) < 4.78 is 12.3. The zero-order valence-electron chi connectivity index (χ0n) is 15.9. The van der Waals surface area contributed by atoms with Crippen LogP contribution < -0.4 is 0 Å². The van der Waals surface area contributed by atoms with Crippen molar-refractivity contribution in [1.82, 2.24) is 9.78 Å². The van der Waals surface area contributed by atoms with Gasteiger partial charge in [0.2, 0.25) is 0 Å². The number of hydrogen-bond acceptors (Lipinski definition) is 5. The number of nitrogens with zero attached hydrogens (tertiary/aromatic N) is 2. The zero-order valence-corrected chi connectivity index (χ0v) is 15.9. The molecule has 140 valence electrons. The Labute approximate surface area is 149 Å². The monoisotopic (exact) mass is 350 g/mol. The van der Waals surface area contributed by atoms with Gasteiger partial charge >= 0.3 is 11.9 Å². The topological polar surface area (TPSA) is 70.4 Å². The summed E-state index contributed by atoms with van der Waals surface area (Å²) in [7, 11) is 0. The average Bonchev–Trinajstić information content (AvgIpc) is 2.82. The van der Waals surface area contributed by atoms with E-state index in [4.69, 9.17) is 9.47 Å². The molecule has 0 saturated heterocycles. The molecule has 3 unspecified atom stereocenters. The predicted molar refractivity (Wildman–Crippen MR) is 93.9 cm³/mol. The van der Waals surface area contributed by atoms with Crippen LogP contribution in [0.25, 0.3) is 0 Å². The average molecular weight is 350 g/mol. The van der Waals surface area contributed by atoms with Gasteiger partial charge in [0.1, 0.15) is 12.6 Å². The Hall–Kier alpha value is -1.85. The lowest BCUT2D eigenvalue weighted by Crippen LogP contribution is -2.37. The fourth-order valence-corrected chi connectivity index (χ4v) is 3.60. The van der Waals surface area contributed by atoms with Crippen LogP contribution in [0.15, 0.2) is 6.07 Å². The van der Waals surface area contributed by atoms with Crippen LogP contribution in [0.5, 0.6) is 0 Å². The molecular weight excluding hydrogens is 320 g/mol. The van der Waals surface area contributed by atoms with E-state index in [1.54, 1.807) is 4.68 Å². The fourth-order valence-electron chi connectivity index (χ4n) is 3.60. The number of hydrogen-bond donors (Lipinski definition) is 0. The van der Waals surface area contributed by atoms with Crippen molar-refractivity contribution in [1.29, 1.82) is 0 Å². The van der Waals surface area contributed by atoms with Gasteiger partial charge in [-0.15, -0.1) is 0 Å². The molecule has 1 saturated carbocycles. The molecule has 6 heteroatoms. The molecule has 0 radical (unpaired) electrons. The van der Waals surface area contributed by atoms with Gasteiger partial charge in [-0.25, -0.2) is 4.79 Å². The van der Waals surface area contributed by atoms with Crippen molar-refractivity contribution in [2.45, 2.75) is 66.5 Å². The number of aryl methyl sites for hydroxylation is 2. The first kappa shape index (κ1) is 19.5. The molecule has 1 heterocycles. The number of carbonyl (C=O) groups excluding carboxylic acids is 2. The first-order chi connectivity index (χ1) is 11.8. The highest BCUT2D eigenvalue weighted by atomic mass is 16.6. The number of ether oxygens (including phenoxy) is 2. The normalized spacial score (nSPS) is 23.5. The SMILES string of the molecule is Cc1cc(C)n(CC(=O)OCC(=O)OC2CC(C)CCC2C(C)C)n1. The summed E-state index contributed by atoms with van der Waals surface area (Å²) in [5.41, 5.74) is 1.73. The molecule has 0 aromatic carbocycles. The van der Waals surface area contributed by atoms with Gasteiger partial charge in [0.05, 0.1) is 5.69 Å². The lowest BCUT2D eigenvalue weighted by atomic mass is 9.75. The first-order valence-electron chi connectivity index (χ1n) is 9.12. The number of rotatable bonds is 6. The predicted octanol–water partition coefficient (Wildman–Crippen LogP) is 3.05. The number of carbonyl (C=O) groups is 2. The Bertz CT molecular complexity index is 609. The van der Waals surface area contributed by atoms with Crippen LogP contribution >= 0.6 is 0 Å². The van der Waals surface area contributed by atoms with Gasteiger partial charge < -0.3 is 9.47 Å². The molecule has 1 aromatic heterocycles. The van der Waals surface area contributed by atoms with Crippen molar-refractivity contribution >= 4 is 11.9 Å². The van der Waals surface area contributed by atoms with Crippen LogP contribution in [0.4, 0.5) is 0 Å². The van der Waals surface area contributed by atoms with Gasteiger partial charge in [-0.2, -0.15) is 5.10 Å². The fraction of sp³-hybridized carbons (Fsp3) is 0.737. The van der Waals surface area contributed by atoms with E-state index in [0.717, 1.165) is 24.2 Å². The molecule has 0 aliphatic heterocycles. The van der Waals surface area contributed by atoms with E-state index in [1.165, 1.54) is 6.42 Å². The minimum Gasteiger partial charge on any atom is -0.460 e. The Kier molecular flexibility index (Phi) is 6.62. The third-order valence-electron chi connectivity index (χ3n) is 4.98. The van der Waals surface area contributed by atoms with Gasteiger partial charge in [-0.05, 0) is 50.5 Å². The summed E-state index contributed by atoms with van der Waals surface area (Å²) >= 11 is 0. The summed E-state index contributed by atoms with van der Waals surface area (Å²) in [4.78, 5) is 24.0. The first-order valence-corrected chi connectivity index (χ1v) is 9.12. The summed E-state index contributed by atoms with van der Waals surface area (Å²) in [5.74, 6) is 0.456. The highest BCUT2D eigenvalue weighted by Crippen LogP contribution is 2.35. The zero-order chi connectivity index (χ0) is 18.6. The minimum absolute atomic E-state index is 0.00202. The van der Waals surface area contributed by atoms with E-state index in [0.29, 0.717) is 17.8 Å². The lowest BCUT2D eigenvalue weighted by Gasteiger charge is -2.36. The van der Waals surface area contributed by atoms with E-state index >= 15 is 0 Å². The summed E-state index contributed by atoms with van der Waals surface area (Å²) in [5, 5.41) is 4.21. The maximum Gasteiger partial charge on any atom is 0.344 e. The molecule has 2 rings (SSSR count). The van der Waals surface area contributed by atoms with E-state index < -0.39 is 11.9 Å². The molecule has 1 aliphatic rings. The Balaban J connectivity index is 1.81. The van der Waals surface area contributed by atoms with Crippen LogP contribution in [0.2, 0.25) is 0 Å². The van der Waals surface area contributed by atoms with Crippen LogP contribution in [-0.4, -0.2) is 34.4 Å². The van der Waals surface area contributed by atoms with Gasteiger partial charge in [0.15, 0.2) is 6.61 Å². The molecule has 1 aliphatic carbocycles. The van der Waals surface area contributed by atoms with Gasteiger partial charge in [-0.1, -0.05) is 27.2 Å². The molecule has 0 bridgehead atoms. The molecule has 6 nitrogen and oxygen atoms in total. The Morgan fingerprint density at radius 1 is 1.28 bits per heavy atom.